The summed E-state index contributed by atoms with van der Waals surface area (Å²) in [4.78, 5) is 15.6. The van der Waals surface area contributed by atoms with Gasteiger partial charge in [0, 0.05) is 6.20 Å². The fourth-order valence-electron chi connectivity index (χ4n) is 0.936. The van der Waals surface area contributed by atoms with Crippen LogP contribution < -0.4 is 0 Å². The van der Waals surface area contributed by atoms with Gasteiger partial charge in [-0.2, -0.15) is 0 Å². The lowest BCUT2D eigenvalue weighted by Crippen LogP contribution is -2.07. The van der Waals surface area contributed by atoms with Crippen LogP contribution in [0.25, 0.3) is 0 Å². The Labute approximate surface area is 113 Å². The molecule has 1 rings (SSSR count). The molecule has 1 aromatic heterocycles. The zero-order valence-corrected chi connectivity index (χ0v) is 12.6. The molecule has 0 atom stereocenters. The molecule has 0 aliphatic heterocycles. The van der Waals surface area contributed by atoms with Crippen molar-refractivity contribution in [2.24, 2.45) is 0 Å². The van der Waals surface area contributed by atoms with Gasteiger partial charge in [-0.15, -0.1) is 0 Å². The number of halogens is 3. The van der Waals surface area contributed by atoms with E-state index in [-0.39, 0.29) is 9.71 Å². The predicted octanol–water partition coefficient (Wildman–Crippen LogP) is 3.81. The lowest BCUT2D eigenvalue weighted by molar-refractivity contribution is 0.0524. The summed E-state index contributed by atoms with van der Waals surface area (Å²) in [7, 11) is 0. The third-order valence-corrected chi connectivity index (χ3v) is 3.30. The molecule has 82 valence electrons. The molecule has 0 unspecified atom stereocenters. The minimum atomic E-state index is -0.376. The summed E-state index contributed by atoms with van der Waals surface area (Å²) in [6, 6.07) is 1.73. The Kier molecular flexibility index (Phi) is 5.22. The van der Waals surface area contributed by atoms with Crippen LogP contribution in [0.15, 0.2) is 16.9 Å². The second-order valence-corrected chi connectivity index (χ2v) is 6.44. The standard InChI is InChI=1S/C9H8Br3NO2/c1-2-15-9(14)6-3-5(7(10)11)4-13-8(6)12/h3-4,7H,2H2,1H3. The van der Waals surface area contributed by atoms with E-state index in [2.05, 4.69) is 52.8 Å². The predicted molar refractivity (Wildman–Crippen MR) is 68.5 cm³/mol. The lowest BCUT2D eigenvalue weighted by atomic mass is 10.2. The van der Waals surface area contributed by atoms with Crippen LogP contribution in [0.4, 0.5) is 0 Å². The van der Waals surface area contributed by atoms with Crippen LogP contribution in [-0.4, -0.2) is 17.6 Å². The highest BCUT2D eigenvalue weighted by atomic mass is 79.9. The number of pyridine rings is 1. The number of carbonyl (C=O) groups is 1. The molecule has 1 heterocycles. The summed E-state index contributed by atoms with van der Waals surface area (Å²) >= 11 is 9.88. The largest absolute Gasteiger partial charge is 0.462 e. The molecule has 0 bridgehead atoms. The van der Waals surface area contributed by atoms with E-state index in [0.29, 0.717) is 16.8 Å². The summed E-state index contributed by atoms with van der Waals surface area (Å²) in [5, 5.41) is 0. The Morgan fingerprint density at radius 1 is 1.60 bits per heavy atom. The number of carbonyl (C=O) groups excluding carboxylic acids is 1. The highest BCUT2D eigenvalue weighted by molar-refractivity contribution is 9.24. The lowest BCUT2D eigenvalue weighted by Gasteiger charge is -2.07. The molecule has 6 heteroatoms. The van der Waals surface area contributed by atoms with Crippen LogP contribution in [0.3, 0.4) is 0 Å². The number of alkyl halides is 2. The van der Waals surface area contributed by atoms with E-state index < -0.39 is 0 Å². The topological polar surface area (TPSA) is 39.2 Å². The van der Waals surface area contributed by atoms with Crippen LogP contribution in [-0.2, 0) is 4.74 Å². The van der Waals surface area contributed by atoms with Crippen LogP contribution >= 0.6 is 47.8 Å². The molecule has 1 aromatic rings. The molecular weight excluding hydrogens is 394 g/mol. The van der Waals surface area contributed by atoms with Gasteiger partial charge in [-0.25, -0.2) is 9.78 Å². The van der Waals surface area contributed by atoms with E-state index in [1.54, 1.807) is 19.2 Å². The van der Waals surface area contributed by atoms with Gasteiger partial charge < -0.3 is 4.74 Å². The summed E-state index contributed by atoms with van der Waals surface area (Å²) in [6.45, 7) is 2.11. The zero-order valence-electron chi connectivity index (χ0n) is 7.84. The maximum atomic E-state index is 11.5. The third kappa shape index (κ3) is 3.53. The highest BCUT2D eigenvalue weighted by Crippen LogP contribution is 2.30. The molecule has 0 radical (unpaired) electrons. The first-order chi connectivity index (χ1) is 7.06. The van der Waals surface area contributed by atoms with Crippen molar-refractivity contribution in [2.75, 3.05) is 6.61 Å². The Morgan fingerprint density at radius 2 is 2.27 bits per heavy atom. The van der Waals surface area contributed by atoms with Gasteiger partial charge in [0.15, 0.2) is 0 Å². The molecule has 0 spiro atoms. The number of aromatic nitrogens is 1. The highest BCUT2D eigenvalue weighted by Gasteiger charge is 2.14. The van der Waals surface area contributed by atoms with Gasteiger partial charge in [-0.3, -0.25) is 0 Å². The van der Waals surface area contributed by atoms with Gasteiger partial charge in [-0.1, -0.05) is 31.9 Å². The summed E-state index contributed by atoms with van der Waals surface area (Å²) in [5.41, 5.74) is 1.29. The van der Waals surface area contributed by atoms with Crippen molar-refractivity contribution >= 4 is 53.8 Å². The van der Waals surface area contributed by atoms with Gasteiger partial charge in [0.2, 0.25) is 0 Å². The quantitative estimate of drug-likeness (QED) is 0.439. The molecule has 0 fully saturated rings. The van der Waals surface area contributed by atoms with Crippen molar-refractivity contribution in [3.63, 3.8) is 0 Å². The SMILES string of the molecule is CCOC(=O)c1cc(C(Br)Br)cnc1Br. The van der Waals surface area contributed by atoms with Crippen molar-refractivity contribution < 1.29 is 9.53 Å². The molecule has 0 aliphatic rings. The molecule has 0 aliphatic carbocycles. The number of esters is 1. The molecule has 0 saturated heterocycles. The van der Waals surface area contributed by atoms with E-state index in [0.717, 1.165) is 5.56 Å². The third-order valence-electron chi connectivity index (χ3n) is 1.61. The van der Waals surface area contributed by atoms with Gasteiger partial charge in [0.05, 0.1) is 15.9 Å². The Balaban J connectivity index is 3.05. The maximum Gasteiger partial charge on any atom is 0.340 e. The normalized spacial score (nSPS) is 10.5. The fraction of sp³-hybridized carbons (Fsp3) is 0.333. The van der Waals surface area contributed by atoms with Crippen molar-refractivity contribution in [1.82, 2.24) is 4.98 Å². The first-order valence-electron chi connectivity index (χ1n) is 4.17. The van der Waals surface area contributed by atoms with Crippen molar-refractivity contribution in [3.05, 3.63) is 28.0 Å². The maximum absolute atomic E-state index is 11.5. The van der Waals surface area contributed by atoms with Gasteiger partial charge in [0.25, 0.3) is 0 Å². The summed E-state index contributed by atoms with van der Waals surface area (Å²) in [5.74, 6) is -0.376. The number of hydrogen-bond acceptors (Lipinski definition) is 3. The summed E-state index contributed by atoms with van der Waals surface area (Å²) < 4.78 is 5.37. The molecule has 0 amide bonds. The Bertz CT molecular complexity index is 368. The van der Waals surface area contributed by atoms with Crippen molar-refractivity contribution in [3.8, 4) is 0 Å². The first-order valence-corrected chi connectivity index (χ1v) is 6.79. The monoisotopic (exact) mass is 399 g/mol. The smallest absolute Gasteiger partial charge is 0.340 e. The average Bonchev–Trinajstić information content (AvgIpc) is 2.18. The van der Waals surface area contributed by atoms with Crippen molar-refractivity contribution in [2.45, 2.75) is 10.7 Å². The second-order valence-electron chi connectivity index (χ2n) is 2.63. The number of rotatable bonds is 3. The minimum absolute atomic E-state index is 0.0289. The van der Waals surface area contributed by atoms with Gasteiger partial charge >= 0.3 is 5.97 Å². The number of ether oxygens (including phenoxy) is 1. The number of hydrogen-bond donors (Lipinski definition) is 0. The van der Waals surface area contributed by atoms with Crippen LogP contribution in [0.1, 0.15) is 26.6 Å². The fourth-order valence-corrected chi connectivity index (χ4v) is 1.82. The molecule has 0 N–H and O–H groups in total. The van der Waals surface area contributed by atoms with Gasteiger partial charge in [-0.05, 0) is 34.5 Å². The van der Waals surface area contributed by atoms with Crippen LogP contribution in [0, 0.1) is 0 Å². The Hall–Kier alpha value is 0.0600. The van der Waals surface area contributed by atoms with Gasteiger partial charge in [0.1, 0.15) is 4.60 Å². The first kappa shape index (κ1) is 13.1. The van der Waals surface area contributed by atoms with Crippen molar-refractivity contribution in [1.29, 1.82) is 0 Å². The molecule has 0 saturated carbocycles. The van der Waals surface area contributed by atoms with Crippen LogP contribution in [0.5, 0.6) is 0 Å². The Morgan fingerprint density at radius 3 is 2.80 bits per heavy atom. The van der Waals surface area contributed by atoms with Crippen LogP contribution in [0.2, 0.25) is 0 Å². The molecule has 15 heavy (non-hydrogen) atoms. The molecule has 0 aromatic carbocycles. The summed E-state index contributed by atoms with van der Waals surface area (Å²) in [6.07, 6.45) is 1.67. The van der Waals surface area contributed by atoms with E-state index in [1.165, 1.54) is 0 Å². The zero-order chi connectivity index (χ0) is 11.4. The molecular formula is C9H8Br3NO2. The minimum Gasteiger partial charge on any atom is -0.462 e. The van der Waals surface area contributed by atoms with E-state index in [1.807, 2.05) is 0 Å². The molecule has 3 nitrogen and oxygen atoms in total. The van der Waals surface area contributed by atoms with E-state index in [4.69, 9.17) is 4.74 Å². The second kappa shape index (κ2) is 5.96. The van der Waals surface area contributed by atoms with E-state index >= 15 is 0 Å². The average molecular weight is 402 g/mol. The van der Waals surface area contributed by atoms with E-state index in [9.17, 15) is 4.79 Å². The number of nitrogens with zero attached hydrogens (tertiary/aromatic N) is 1.